The number of carbonyl (C=O) groups is 1. The highest BCUT2D eigenvalue weighted by atomic mass is 16.1. The molecule has 154 valence electrons. The zero-order valence-electron chi connectivity index (χ0n) is 17.4. The Bertz CT molecular complexity index is 1160. The minimum Gasteiger partial charge on any atom is -0.376 e. The maximum absolute atomic E-state index is 12.6. The highest BCUT2D eigenvalue weighted by Gasteiger charge is 2.07. The lowest BCUT2D eigenvalue weighted by Crippen LogP contribution is -2.11. The molecule has 3 aromatic carbocycles. The molecule has 31 heavy (non-hydrogen) atoms. The van der Waals surface area contributed by atoms with Crippen molar-refractivity contribution in [2.45, 2.75) is 0 Å². The zero-order valence-corrected chi connectivity index (χ0v) is 17.4. The van der Waals surface area contributed by atoms with Gasteiger partial charge in [-0.25, -0.2) is 0 Å². The molecule has 0 radical (unpaired) electrons. The second-order valence-corrected chi connectivity index (χ2v) is 7.29. The topological polar surface area (TPSA) is 70.2 Å². The number of aromatic nitrogens is 2. The summed E-state index contributed by atoms with van der Waals surface area (Å²) >= 11 is 0. The number of nitrogens with zero attached hydrogens (tertiary/aromatic N) is 3. The second-order valence-electron chi connectivity index (χ2n) is 7.29. The Kier molecular flexibility index (Phi) is 5.89. The van der Waals surface area contributed by atoms with Crippen LogP contribution in [0.1, 0.15) is 10.4 Å². The summed E-state index contributed by atoms with van der Waals surface area (Å²) in [6, 6.07) is 27.1. The number of benzene rings is 3. The Morgan fingerprint density at radius 3 is 2.13 bits per heavy atom. The lowest BCUT2D eigenvalue weighted by atomic mass is 10.0. The van der Waals surface area contributed by atoms with E-state index in [0.29, 0.717) is 11.4 Å². The summed E-state index contributed by atoms with van der Waals surface area (Å²) in [5.41, 5.74) is 5.34. The van der Waals surface area contributed by atoms with Crippen molar-refractivity contribution in [2.24, 2.45) is 0 Å². The number of hydrogen-bond acceptors (Lipinski definition) is 5. The highest BCUT2D eigenvalue weighted by Crippen LogP contribution is 2.22. The van der Waals surface area contributed by atoms with Gasteiger partial charge in [0.25, 0.3) is 5.91 Å². The van der Waals surface area contributed by atoms with E-state index in [2.05, 4.69) is 20.8 Å². The summed E-state index contributed by atoms with van der Waals surface area (Å²) in [5, 5.41) is 14.3. The van der Waals surface area contributed by atoms with Crippen LogP contribution in [0.15, 0.2) is 91.1 Å². The van der Waals surface area contributed by atoms with Crippen LogP contribution in [0, 0.1) is 0 Å². The van der Waals surface area contributed by atoms with Gasteiger partial charge in [0, 0.05) is 37.1 Å². The summed E-state index contributed by atoms with van der Waals surface area (Å²) in [6.07, 6.45) is 1.70. The van der Waals surface area contributed by atoms with E-state index in [0.717, 1.165) is 28.2 Å². The smallest absolute Gasteiger partial charge is 0.255 e. The molecule has 2 N–H and O–H groups in total. The van der Waals surface area contributed by atoms with E-state index in [4.69, 9.17) is 0 Å². The SMILES string of the molecule is CN(C)c1cnnc(Nc2ccc(NC(=O)c3ccc(-c4ccccc4)cc3)cc2)c1. The molecule has 6 heteroatoms. The minimum absolute atomic E-state index is 0.148. The molecule has 0 aliphatic rings. The molecule has 1 amide bonds. The first-order valence-electron chi connectivity index (χ1n) is 9.92. The Balaban J connectivity index is 1.39. The zero-order chi connectivity index (χ0) is 21.6. The molecular formula is C25H23N5O. The fourth-order valence-electron chi connectivity index (χ4n) is 3.09. The molecule has 0 bridgehead atoms. The van der Waals surface area contributed by atoms with Gasteiger partial charge in [-0.15, -0.1) is 5.10 Å². The number of hydrogen-bond donors (Lipinski definition) is 2. The first kappa shape index (κ1) is 20.1. The van der Waals surface area contributed by atoms with E-state index >= 15 is 0 Å². The first-order valence-corrected chi connectivity index (χ1v) is 9.92. The number of carbonyl (C=O) groups excluding carboxylic acids is 1. The van der Waals surface area contributed by atoms with E-state index in [1.54, 1.807) is 6.20 Å². The van der Waals surface area contributed by atoms with Crippen molar-refractivity contribution in [3.05, 3.63) is 96.7 Å². The molecule has 0 unspecified atom stereocenters. The largest absolute Gasteiger partial charge is 0.376 e. The second kappa shape index (κ2) is 9.09. The van der Waals surface area contributed by atoms with E-state index in [1.807, 2.05) is 104 Å². The van der Waals surface area contributed by atoms with Crippen LogP contribution in [-0.2, 0) is 0 Å². The van der Waals surface area contributed by atoms with Gasteiger partial charge in [0.15, 0.2) is 5.82 Å². The van der Waals surface area contributed by atoms with Crippen molar-refractivity contribution in [2.75, 3.05) is 29.6 Å². The Morgan fingerprint density at radius 1 is 0.806 bits per heavy atom. The molecule has 0 saturated carbocycles. The Labute approximate surface area is 181 Å². The Morgan fingerprint density at radius 2 is 1.45 bits per heavy atom. The fraction of sp³-hybridized carbons (Fsp3) is 0.0800. The molecule has 0 atom stereocenters. The van der Waals surface area contributed by atoms with Crippen LogP contribution in [0.4, 0.5) is 22.9 Å². The van der Waals surface area contributed by atoms with Crippen LogP contribution in [-0.4, -0.2) is 30.2 Å². The van der Waals surface area contributed by atoms with Gasteiger partial charge in [-0.05, 0) is 47.5 Å². The Hall–Kier alpha value is -4.19. The number of nitrogens with one attached hydrogen (secondary N) is 2. The van der Waals surface area contributed by atoms with Crippen LogP contribution in [0.2, 0.25) is 0 Å². The molecule has 6 nitrogen and oxygen atoms in total. The molecule has 0 fully saturated rings. The van der Waals surface area contributed by atoms with Crippen molar-refractivity contribution in [3.8, 4) is 11.1 Å². The summed E-state index contributed by atoms with van der Waals surface area (Å²) in [7, 11) is 3.90. The number of amides is 1. The lowest BCUT2D eigenvalue weighted by Gasteiger charge is -2.13. The van der Waals surface area contributed by atoms with Crippen LogP contribution in [0.25, 0.3) is 11.1 Å². The summed E-state index contributed by atoms with van der Waals surface area (Å²) < 4.78 is 0. The molecule has 4 rings (SSSR count). The van der Waals surface area contributed by atoms with Gasteiger partial charge in [0.05, 0.1) is 11.9 Å². The molecular weight excluding hydrogens is 386 g/mol. The predicted molar refractivity (Wildman–Crippen MR) is 126 cm³/mol. The number of anilines is 4. The van der Waals surface area contributed by atoms with Crippen molar-refractivity contribution in [1.29, 1.82) is 0 Å². The van der Waals surface area contributed by atoms with Gasteiger partial charge in [-0.2, -0.15) is 5.10 Å². The average Bonchev–Trinajstić information content (AvgIpc) is 2.81. The van der Waals surface area contributed by atoms with Crippen LogP contribution in [0.5, 0.6) is 0 Å². The molecule has 1 heterocycles. The summed E-state index contributed by atoms with van der Waals surface area (Å²) in [5.74, 6) is 0.506. The van der Waals surface area contributed by atoms with Crippen molar-refractivity contribution < 1.29 is 4.79 Å². The monoisotopic (exact) mass is 409 g/mol. The van der Waals surface area contributed by atoms with E-state index in [-0.39, 0.29) is 5.91 Å². The van der Waals surface area contributed by atoms with Crippen LogP contribution >= 0.6 is 0 Å². The van der Waals surface area contributed by atoms with Crippen molar-refractivity contribution in [1.82, 2.24) is 10.2 Å². The van der Waals surface area contributed by atoms with E-state index in [9.17, 15) is 4.79 Å². The van der Waals surface area contributed by atoms with Gasteiger partial charge >= 0.3 is 0 Å². The normalized spacial score (nSPS) is 10.4. The van der Waals surface area contributed by atoms with Crippen LogP contribution < -0.4 is 15.5 Å². The van der Waals surface area contributed by atoms with Crippen molar-refractivity contribution in [3.63, 3.8) is 0 Å². The molecule has 1 aromatic heterocycles. The fourth-order valence-corrected chi connectivity index (χ4v) is 3.09. The molecule has 0 aliphatic carbocycles. The standard InChI is InChI=1S/C25H23N5O/c1-30(2)23-16-24(29-26-17-23)27-21-12-14-22(15-13-21)28-25(31)20-10-8-19(9-11-20)18-6-4-3-5-7-18/h3-17H,1-2H3,(H,27,29)(H,28,31). The maximum atomic E-state index is 12.6. The molecule has 0 spiro atoms. The molecule has 0 aliphatic heterocycles. The van der Waals surface area contributed by atoms with Gasteiger partial charge in [-0.3, -0.25) is 4.79 Å². The minimum atomic E-state index is -0.148. The third-order valence-corrected chi connectivity index (χ3v) is 4.83. The van der Waals surface area contributed by atoms with E-state index in [1.165, 1.54) is 0 Å². The van der Waals surface area contributed by atoms with Crippen LogP contribution in [0.3, 0.4) is 0 Å². The highest BCUT2D eigenvalue weighted by molar-refractivity contribution is 6.04. The third kappa shape index (κ3) is 5.05. The average molecular weight is 409 g/mol. The van der Waals surface area contributed by atoms with Gasteiger partial charge in [0.2, 0.25) is 0 Å². The third-order valence-electron chi connectivity index (χ3n) is 4.83. The maximum Gasteiger partial charge on any atom is 0.255 e. The lowest BCUT2D eigenvalue weighted by molar-refractivity contribution is 0.102. The van der Waals surface area contributed by atoms with Crippen molar-refractivity contribution >= 4 is 28.8 Å². The van der Waals surface area contributed by atoms with Gasteiger partial charge < -0.3 is 15.5 Å². The quantitative estimate of drug-likeness (QED) is 0.458. The first-order chi connectivity index (χ1) is 15.1. The van der Waals surface area contributed by atoms with Gasteiger partial charge in [0.1, 0.15) is 0 Å². The summed E-state index contributed by atoms with van der Waals surface area (Å²) in [6.45, 7) is 0. The molecule has 4 aromatic rings. The number of rotatable bonds is 6. The molecule has 0 saturated heterocycles. The predicted octanol–water partition coefficient (Wildman–Crippen LogP) is 5.21. The van der Waals surface area contributed by atoms with E-state index < -0.39 is 0 Å². The summed E-state index contributed by atoms with van der Waals surface area (Å²) in [4.78, 5) is 14.6. The van der Waals surface area contributed by atoms with Gasteiger partial charge in [-0.1, -0.05) is 42.5 Å².